The Morgan fingerprint density at radius 3 is 2.64 bits per heavy atom. The Balaban J connectivity index is 1.65. The Bertz CT molecular complexity index is 817. The maximum absolute atomic E-state index is 12.8. The lowest BCUT2D eigenvalue weighted by Crippen LogP contribution is -2.49. The molecule has 6 nitrogen and oxygen atoms in total. The molecule has 0 unspecified atom stereocenters. The molecule has 1 fully saturated rings. The molecule has 0 bridgehead atoms. The van der Waals surface area contributed by atoms with Gasteiger partial charge in [-0.05, 0) is 61.4 Å². The van der Waals surface area contributed by atoms with Gasteiger partial charge in [0.05, 0.1) is 17.0 Å². The van der Waals surface area contributed by atoms with Crippen molar-refractivity contribution in [3.8, 4) is 0 Å². The van der Waals surface area contributed by atoms with Crippen LogP contribution in [-0.4, -0.2) is 41.9 Å². The first kappa shape index (κ1) is 20.1. The summed E-state index contributed by atoms with van der Waals surface area (Å²) in [6.07, 6.45) is 3.22. The molecule has 1 aliphatic rings. The van der Waals surface area contributed by atoms with Gasteiger partial charge < -0.3 is 15.0 Å². The third-order valence-electron chi connectivity index (χ3n) is 4.62. The molecule has 148 valence electrons. The molecule has 1 aromatic heterocycles. The number of amides is 2. The van der Waals surface area contributed by atoms with Crippen molar-refractivity contribution in [1.82, 2.24) is 4.90 Å². The van der Waals surface area contributed by atoms with Gasteiger partial charge in [0, 0.05) is 12.2 Å². The molecule has 7 heteroatoms. The summed E-state index contributed by atoms with van der Waals surface area (Å²) in [5, 5.41) is 4.73. The van der Waals surface area contributed by atoms with E-state index in [0.29, 0.717) is 35.7 Å². The Labute approximate surface area is 168 Å². The zero-order valence-corrected chi connectivity index (χ0v) is 16.7. The van der Waals surface area contributed by atoms with E-state index in [1.54, 1.807) is 35.2 Å². The zero-order valence-electron chi connectivity index (χ0n) is 15.8. The quantitative estimate of drug-likeness (QED) is 0.745. The number of carbonyl (C=O) groups is 3. The fourth-order valence-corrected chi connectivity index (χ4v) is 3.86. The van der Waals surface area contributed by atoms with Crippen LogP contribution in [-0.2, 0) is 9.53 Å². The van der Waals surface area contributed by atoms with Crippen LogP contribution in [0.15, 0.2) is 41.8 Å². The molecule has 28 heavy (non-hydrogen) atoms. The third kappa shape index (κ3) is 4.78. The molecule has 1 aliphatic heterocycles. The molecule has 1 aromatic carbocycles. The van der Waals surface area contributed by atoms with Gasteiger partial charge in [0.1, 0.15) is 6.04 Å². The number of likely N-dealkylation sites (tertiary alicyclic amines) is 1. The Morgan fingerprint density at radius 2 is 1.96 bits per heavy atom. The zero-order chi connectivity index (χ0) is 19.9. The molecule has 2 heterocycles. The number of nitrogens with zero attached hydrogens (tertiary/aromatic N) is 1. The van der Waals surface area contributed by atoms with Gasteiger partial charge in [-0.3, -0.25) is 9.59 Å². The van der Waals surface area contributed by atoms with Gasteiger partial charge >= 0.3 is 5.97 Å². The van der Waals surface area contributed by atoms with Crippen molar-refractivity contribution >= 4 is 34.8 Å². The van der Waals surface area contributed by atoms with Crippen LogP contribution in [0, 0.1) is 0 Å². The second-order valence-electron chi connectivity index (χ2n) is 6.69. The summed E-state index contributed by atoms with van der Waals surface area (Å²) in [4.78, 5) is 39.7. The van der Waals surface area contributed by atoms with Gasteiger partial charge in [0.25, 0.3) is 5.91 Å². The maximum Gasteiger partial charge on any atom is 0.338 e. The standard InChI is InChI=1S/C21H24N2O4S/c1-2-13-27-21(26)15-8-10-16(11-9-15)22-19(24)17-6-3-4-12-23(17)20(25)18-7-5-14-28-18/h5,7-11,14,17H,2-4,6,12-13H2,1H3,(H,22,24)/t17-/m0/s1. The first-order valence-corrected chi connectivity index (χ1v) is 10.4. The molecule has 1 atom stereocenters. The molecule has 1 saturated heterocycles. The molecule has 3 rings (SSSR count). The number of esters is 1. The van der Waals surface area contributed by atoms with Crippen LogP contribution in [0.25, 0.3) is 0 Å². The van der Waals surface area contributed by atoms with E-state index in [9.17, 15) is 14.4 Å². The minimum absolute atomic E-state index is 0.0936. The first-order chi connectivity index (χ1) is 13.6. The lowest BCUT2D eigenvalue weighted by molar-refractivity contribution is -0.121. The van der Waals surface area contributed by atoms with Gasteiger partial charge in [-0.25, -0.2) is 4.79 Å². The molecule has 2 amide bonds. The minimum Gasteiger partial charge on any atom is -0.462 e. The minimum atomic E-state index is -0.488. The summed E-state index contributed by atoms with van der Waals surface area (Å²) in [5.74, 6) is -0.672. The average Bonchev–Trinajstić information content (AvgIpc) is 3.27. The van der Waals surface area contributed by atoms with E-state index in [0.717, 1.165) is 19.3 Å². The molecule has 0 aliphatic carbocycles. The van der Waals surface area contributed by atoms with Crippen LogP contribution >= 0.6 is 11.3 Å². The lowest BCUT2D eigenvalue weighted by atomic mass is 10.0. The van der Waals surface area contributed by atoms with Crippen molar-refractivity contribution < 1.29 is 19.1 Å². The second kappa shape index (κ2) is 9.50. The van der Waals surface area contributed by atoms with E-state index in [4.69, 9.17) is 4.74 Å². The maximum atomic E-state index is 12.8. The van der Waals surface area contributed by atoms with Crippen LogP contribution in [0.1, 0.15) is 52.6 Å². The van der Waals surface area contributed by atoms with Crippen molar-refractivity contribution in [2.24, 2.45) is 0 Å². The molecule has 2 aromatic rings. The van der Waals surface area contributed by atoms with Gasteiger partial charge in [-0.15, -0.1) is 11.3 Å². The Kier molecular flexibility index (Phi) is 6.81. The Hall–Kier alpha value is -2.67. The number of piperidine rings is 1. The van der Waals surface area contributed by atoms with E-state index in [1.807, 2.05) is 18.4 Å². The lowest BCUT2D eigenvalue weighted by Gasteiger charge is -2.34. The highest BCUT2D eigenvalue weighted by Crippen LogP contribution is 2.23. The molecule has 0 saturated carbocycles. The van der Waals surface area contributed by atoms with E-state index >= 15 is 0 Å². The van der Waals surface area contributed by atoms with E-state index in [2.05, 4.69) is 5.32 Å². The molecular weight excluding hydrogens is 376 g/mol. The summed E-state index contributed by atoms with van der Waals surface area (Å²) in [5.41, 5.74) is 1.03. The van der Waals surface area contributed by atoms with E-state index < -0.39 is 6.04 Å². The number of ether oxygens (including phenoxy) is 1. The summed E-state index contributed by atoms with van der Waals surface area (Å²) in [7, 11) is 0. The number of carbonyl (C=O) groups excluding carboxylic acids is 3. The van der Waals surface area contributed by atoms with Gasteiger partial charge in [0.15, 0.2) is 0 Å². The second-order valence-corrected chi connectivity index (χ2v) is 7.64. The number of nitrogens with one attached hydrogen (secondary N) is 1. The topological polar surface area (TPSA) is 75.7 Å². The number of benzene rings is 1. The highest BCUT2D eigenvalue weighted by molar-refractivity contribution is 7.12. The number of hydrogen-bond acceptors (Lipinski definition) is 5. The fourth-order valence-electron chi connectivity index (χ4n) is 3.18. The van der Waals surface area contributed by atoms with Crippen LogP contribution in [0.2, 0.25) is 0 Å². The van der Waals surface area contributed by atoms with Crippen molar-refractivity contribution in [1.29, 1.82) is 0 Å². The highest BCUT2D eigenvalue weighted by Gasteiger charge is 2.33. The molecule has 1 N–H and O–H groups in total. The summed E-state index contributed by atoms with van der Waals surface area (Å²) < 4.78 is 5.10. The van der Waals surface area contributed by atoms with Crippen LogP contribution in [0.5, 0.6) is 0 Å². The summed E-state index contributed by atoms with van der Waals surface area (Å²) in [6, 6.07) is 9.74. The van der Waals surface area contributed by atoms with Gasteiger partial charge in [0.2, 0.25) is 5.91 Å². The van der Waals surface area contributed by atoms with Crippen molar-refractivity contribution in [2.45, 2.75) is 38.6 Å². The highest BCUT2D eigenvalue weighted by atomic mass is 32.1. The first-order valence-electron chi connectivity index (χ1n) is 9.52. The van der Waals surface area contributed by atoms with Crippen LogP contribution in [0.4, 0.5) is 5.69 Å². The molecular formula is C21H24N2O4S. The normalized spacial score (nSPS) is 16.5. The van der Waals surface area contributed by atoms with Crippen molar-refractivity contribution in [2.75, 3.05) is 18.5 Å². The van der Waals surface area contributed by atoms with Crippen molar-refractivity contribution in [3.05, 3.63) is 52.2 Å². The number of rotatable bonds is 6. The summed E-state index contributed by atoms with van der Waals surface area (Å²) >= 11 is 1.39. The van der Waals surface area contributed by atoms with Crippen LogP contribution < -0.4 is 5.32 Å². The van der Waals surface area contributed by atoms with Crippen molar-refractivity contribution in [3.63, 3.8) is 0 Å². The molecule has 0 radical (unpaired) electrons. The van der Waals surface area contributed by atoms with Gasteiger partial charge in [-0.1, -0.05) is 13.0 Å². The Morgan fingerprint density at radius 1 is 1.18 bits per heavy atom. The smallest absolute Gasteiger partial charge is 0.338 e. The monoisotopic (exact) mass is 400 g/mol. The predicted octanol–water partition coefficient (Wildman–Crippen LogP) is 3.95. The molecule has 0 spiro atoms. The number of anilines is 1. The third-order valence-corrected chi connectivity index (χ3v) is 5.48. The number of thiophene rings is 1. The fraction of sp³-hybridized carbons (Fsp3) is 0.381. The van der Waals surface area contributed by atoms with Gasteiger partial charge in [-0.2, -0.15) is 0 Å². The van der Waals surface area contributed by atoms with E-state index in [1.165, 1.54) is 11.3 Å². The summed E-state index contributed by atoms with van der Waals surface area (Å²) in [6.45, 7) is 2.90. The largest absolute Gasteiger partial charge is 0.462 e. The van der Waals surface area contributed by atoms with E-state index in [-0.39, 0.29) is 17.8 Å². The number of hydrogen-bond donors (Lipinski definition) is 1. The SMILES string of the molecule is CCCOC(=O)c1ccc(NC(=O)[C@@H]2CCCCN2C(=O)c2cccs2)cc1. The predicted molar refractivity (Wildman–Crippen MR) is 109 cm³/mol. The average molecular weight is 400 g/mol. The van der Waals surface area contributed by atoms with Crippen LogP contribution in [0.3, 0.4) is 0 Å².